The second kappa shape index (κ2) is 9.90. The van der Waals surface area contributed by atoms with Crippen LogP contribution in [0.1, 0.15) is 27.2 Å². The van der Waals surface area contributed by atoms with E-state index in [9.17, 15) is 22.4 Å². The molecule has 0 unspecified atom stereocenters. The molecule has 1 heterocycles. The summed E-state index contributed by atoms with van der Waals surface area (Å²) >= 11 is 0. The highest BCUT2D eigenvalue weighted by Gasteiger charge is 2.36. The van der Waals surface area contributed by atoms with Gasteiger partial charge in [-0.15, -0.1) is 13.2 Å². The molecular formula is C18H27F4N3O3. The molecule has 28 heavy (non-hydrogen) atoms. The van der Waals surface area contributed by atoms with Gasteiger partial charge in [0.25, 0.3) is 5.88 Å². The molecule has 0 aromatic rings. The van der Waals surface area contributed by atoms with E-state index in [1.165, 1.54) is 26.8 Å². The zero-order chi connectivity index (χ0) is 21.5. The predicted molar refractivity (Wildman–Crippen MR) is 97.2 cm³/mol. The van der Waals surface area contributed by atoms with E-state index in [4.69, 9.17) is 4.74 Å². The van der Waals surface area contributed by atoms with Crippen LogP contribution < -0.4 is 5.32 Å². The third-order valence-electron chi connectivity index (χ3n) is 4.14. The van der Waals surface area contributed by atoms with Crippen molar-refractivity contribution in [1.29, 1.82) is 0 Å². The minimum absolute atomic E-state index is 0.219. The molecule has 1 aliphatic heterocycles. The Hall–Kier alpha value is -2.10. The standard InChI is InChI=1S/C18H27F4N3O3/c1-6-7-14(28-18(20,21)22)15(23-4)27-11-17(2,3)16(26)24-13-8-9-25(5)10-12(13)19/h6-7,12-13H,4,8-11H2,1-3,5H3,(H,24,26)/b7-6-,15-14-/t12-,13-/m0/s1. The fourth-order valence-electron chi connectivity index (χ4n) is 2.52. The number of piperidine rings is 1. The number of likely N-dealkylation sites (tertiary alicyclic amines) is 1. The van der Waals surface area contributed by atoms with Crippen molar-refractivity contribution < 1.29 is 31.8 Å². The number of hydrogen-bond donors (Lipinski definition) is 1. The molecule has 1 N–H and O–H groups in total. The molecule has 6 nitrogen and oxygen atoms in total. The molecule has 0 aromatic heterocycles. The third-order valence-corrected chi connectivity index (χ3v) is 4.14. The molecule has 0 bridgehead atoms. The van der Waals surface area contributed by atoms with Crippen molar-refractivity contribution in [1.82, 2.24) is 10.2 Å². The molecule has 1 aliphatic rings. The van der Waals surface area contributed by atoms with Crippen LogP contribution in [0.3, 0.4) is 0 Å². The van der Waals surface area contributed by atoms with Gasteiger partial charge in [-0.3, -0.25) is 4.79 Å². The van der Waals surface area contributed by atoms with Crippen molar-refractivity contribution in [2.45, 2.75) is 45.8 Å². The number of halogens is 4. The van der Waals surface area contributed by atoms with Gasteiger partial charge in [0.1, 0.15) is 12.8 Å². The Balaban J connectivity index is 2.81. The maximum Gasteiger partial charge on any atom is 0.573 e. The first kappa shape index (κ1) is 23.9. The van der Waals surface area contributed by atoms with Crippen LogP contribution in [0.15, 0.2) is 28.8 Å². The summed E-state index contributed by atoms with van der Waals surface area (Å²) in [5.41, 5.74) is -1.15. The van der Waals surface area contributed by atoms with E-state index in [-0.39, 0.29) is 13.2 Å². The van der Waals surface area contributed by atoms with Crippen LogP contribution in [0, 0.1) is 5.41 Å². The Bertz CT molecular complexity index is 618. The molecule has 1 amide bonds. The minimum atomic E-state index is -4.94. The van der Waals surface area contributed by atoms with Crippen molar-refractivity contribution in [3.63, 3.8) is 0 Å². The number of amides is 1. The quantitative estimate of drug-likeness (QED) is 0.290. The van der Waals surface area contributed by atoms with Crippen molar-refractivity contribution >= 4 is 12.6 Å². The Morgan fingerprint density at radius 1 is 1.39 bits per heavy atom. The van der Waals surface area contributed by atoms with Crippen molar-refractivity contribution in [2.75, 3.05) is 26.7 Å². The number of rotatable bonds is 8. The lowest BCUT2D eigenvalue weighted by atomic mass is 9.92. The first-order valence-electron chi connectivity index (χ1n) is 8.75. The molecule has 1 fully saturated rings. The highest BCUT2D eigenvalue weighted by Crippen LogP contribution is 2.26. The van der Waals surface area contributed by atoms with Crippen LogP contribution in [-0.4, -0.2) is 62.8 Å². The normalized spacial score (nSPS) is 22.6. The summed E-state index contributed by atoms with van der Waals surface area (Å²) in [6.07, 6.45) is -3.34. The number of carbonyl (C=O) groups is 1. The molecule has 0 aliphatic carbocycles. The highest BCUT2D eigenvalue weighted by molar-refractivity contribution is 5.82. The topological polar surface area (TPSA) is 63.2 Å². The Morgan fingerprint density at radius 3 is 2.54 bits per heavy atom. The van der Waals surface area contributed by atoms with Crippen molar-refractivity contribution in [3.05, 3.63) is 23.8 Å². The molecule has 1 saturated heterocycles. The zero-order valence-corrected chi connectivity index (χ0v) is 16.5. The molecule has 10 heteroatoms. The summed E-state index contributed by atoms with van der Waals surface area (Å²) in [6.45, 7) is 8.30. The van der Waals surface area contributed by atoms with Crippen LogP contribution in [0.2, 0.25) is 0 Å². The Morgan fingerprint density at radius 2 is 2.04 bits per heavy atom. The average molecular weight is 409 g/mol. The maximum atomic E-state index is 14.1. The molecule has 0 radical (unpaired) electrons. The lowest BCUT2D eigenvalue weighted by molar-refractivity contribution is -0.304. The van der Waals surface area contributed by atoms with E-state index < -0.39 is 41.5 Å². The number of hydrogen-bond acceptors (Lipinski definition) is 5. The fourth-order valence-corrected chi connectivity index (χ4v) is 2.52. The lowest BCUT2D eigenvalue weighted by Gasteiger charge is -2.34. The first-order chi connectivity index (χ1) is 12.9. The Kier molecular flexibility index (Phi) is 8.47. The van der Waals surface area contributed by atoms with Gasteiger partial charge in [-0.25, -0.2) is 9.38 Å². The minimum Gasteiger partial charge on any atom is -0.474 e. The maximum absolute atomic E-state index is 14.1. The molecule has 0 aromatic carbocycles. The van der Waals surface area contributed by atoms with E-state index in [2.05, 4.69) is 21.8 Å². The van der Waals surface area contributed by atoms with Crippen LogP contribution in [-0.2, 0) is 14.3 Å². The van der Waals surface area contributed by atoms with Crippen LogP contribution >= 0.6 is 0 Å². The van der Waals surface area contributed by atoms with Gasteiger partial charge in [0, 0.05) is 13.1 Å². The summed E-state index contributed by atoms with van der Waals surface area (Å²) in [5, 5.41) is 2.66. The second-order valence-electron chi connectivity index (χ2n) is 7.19. The van der Waals surface area contributed by atoms with Gasteiger partial charge in [0.2, 0.25) is 5.91 Å². The number of aliphatic imine (C=N–C) groups is 1. The van der Waals surface area contributed by atoms with Gasteiger partial charge in [0.05, 0.1) is 11.5 Å². The van der Waals surface area contributed by atoms with E-state index in [0.29, 0.717) is 13.0 Å². The summed E-state index contributed by atoms with van der Waals surface area (Å²) in [7, 11) is 1.80. The van der Waals surface area contributed by atoms with Gasteiger partial charge in [-0.2, -0.15) is 0 Å². The summed E-state index contributed by atoms with van der Waals surface area (Å²) < 4.78 is 60.9. The number of alkyl halides is 4. The number of nitrogens with zero attached hydrogens (tertiary/aromatic N) is 2. The van der Waals surface area contributed by atoms with Crippen molar-refractivity contribution in [2.24, 2.45) is 10.4 Å². The van der Waals surface area contributed by atoms with Gasteiger partial charge in [-0.1, -0.05) is 6.08 Å². The van der Waals surface area contributed by atoms with Gasteiger partial charge < -0.3 is 19.7 Å². The SMILES string of the molecule is C=N/C(OCC(C)(C)C(=O)N[C@H]1CCN(C)C[C@@H]1F)=C(\C=C/C)OC(F)(F)F. The molecule has 1 rings (SSSR count). The highest BCUT2D eigenvalue weighted by atomic mass is 19.4. The summed E-state index contributed by atoms with van der Waals surface area (Å²) in [6, 6.07) is -0.623. The zero-order valence-electron chi connectivity index (χ0n) is 16.5. The number of allylic oxidation sites excluding steroid dienone is 2. The van der Waals surface area contributed by atoms with Crippen molar-refractivity contribution in [3.8, 4) is 0 Å². The predicted octanol–water partition coefficient (Wildman–Crippen LogP) is 3.17. The lowest BCUT2D eigenvalue weighted by Crippen LogP contribution is -2.54. The van der Waals surface area contributed by atoms with Gasteiger partial charge in [-0.05, 0) is 47.0 Å². The number of ether oxygens (including phenoxy) is 2. The molecule has 0 spiro atoms. The summed E-state index contributed by atoms with van der Waals surface area (Å²) in [4.78, 5) is 17.8. The molecule has 2 atom stereocenters. The average Bonchev–Trinajstić information content (AvgIpc) is 2.56. The second-order valence-corrected chi connectivity index (χ2v) is 7.19. The van der Waals surface area contributed by atoms with Crippen LogP contribution in [0.5, 0.6) is 0 Å². The largest absolute Gasteiger partial charge is 0.573 e. The first-order valence-corrected chi connectivity index (χ1v) is 8.75. The monoisotopic (exact) mass is 409 g/mol. The van der Waals surface area contributed by atoms with Gasteiger partial charge >= 0.3 is 6.36 Å². The van der Waals surface area contributed by atoms with E-state index in [0.717, 1.165) is 6.08 Å². The van der Waals surface area contributed by atoms with E-state index >= 15 is 0 Å². The molecular weight excluding hydrogens is 382 g/mol. The number of nitrogens with one attached hydrogen (secondary N) is 1. The van der Waals surface area contributed by atoms with Gasteiger partial charge in [0.15, 0.2) is 5.76 Å². The third kappa shape index (κ3) is 7.49. The summed E-state index contributed by atoms with van der Waals surface area (Å²) in [5.74, 6) is -1.66. The Labute approximate surface area is 162 Å². The van der Waals surface area contributed by atoms with Crippen LogP contribution in [0.25, 0.3) is 0 Å². The fraction of sp³-hybridized carbons (Fsp3) is 0.667. The smallest absolute Gasteiger partial charge is 0.474 e. The van der Waals surface area contributed by atoms with E-state index in [1.807, 2.05) is 4.90 Å². The van der Waals surface area contributed by atoms with Crippen LogP contribution in [0.4, 0.5) is 17.6 Å². The van der Waals surface area contributed by atoms with E-state index in [1.54, 1.807) is 7.05 Å². The molecule has 160 valence electrons. The number of carbonyl (C=O) groups excluding carboxylic acids is 1. The molecule has 0 saturated carbocycles.